The normalized spacial score (nSPS) is 15.0. The Morgan fingerprint density at radius 1 is 1.06 bits per heavy atom. The third kappa shape index (κ3) is 4.44. The van der Waals surface area contributed by atoms with Crippen molar-refractivity contribution in [2.75, 3.05) is 12.4 Å². The summed E-state index contributed by atoms with van der Waals surface area (Å²) in [6.45, 7) is 5.91. The van der Waals surface area contributed by atoms with Crippen molar-refractivity contribution in [2.24, 2.45) is 0 Å². The number of ether oxygens (including phenoxy) is 2. The number of fused-ring (bicyclic) bond motifs is 1. The molecule has 0 saturated heterocycles. The van der Waals surface area contributed by atoms with E-state index in [2.05, 4.69) is 25.6 Å². The zero-order chi connectivity index (χ0) is 24.5. The van der Waals surface area contributed by atoms with Crippen molar-refractivity contribution in [3.05, 3.63) is 71.5 Å². The molecule has 9 heteroatoms. The van der Waals surface area contributed by atoms with Crippen molar-refractivity contribution >= 4 is 11.7 Å². The van der Waals surface area contributed by atoms with Gasteiger partial charge in [-0.1, -0.05) is 12.1 Å². The summed E-state index contributed by atoms with van der Waals surface area (Å²) in [7, 11) is 1.62. The largest absolute Gasteiger partial charge is 0.497 e. The van der Waals surface area contributed by atoms with Crippen LogP contribution >= 0.6 is 0 Å². The Morgan fingerprint density at radius 3 is 2.46 bits per heavy atom. The highest BCUT2D eigenvalue weighted by molar-refractivity contribution is 5.95. The van der Waals surface area contributed by atoms with E-state index in [9.17, 15) is 4.79 Å². The maximum atomic E-state index is 12.7. The van der Waals surface area contributed by atoms with Gasteiger partial charge in [-0.15, -0.1) is 5.10 Å². The van der Waals surface area contributed by atoms with Crippen molar-refractivity contribution < 1.29 is 14.3 Å². The maximum Gasteiger partial charge on any atom is 0.272 e. The Labute approximate surface area is 203 Å². The molecule has 1 N–H and O–H groups in total. The smallest absolute Gasteiger partial charge is 0.272 e. The number of hydrogen-bond donors (Lipinski definition) is 1. The maximum absolute atomic E-state index is 12.7. The van der Waals surface area contributed by atoms with Crippen LogP contribution in [0.15, 0.2) is 54.7 Å². The predicted molar refractivity (Wildman–Crippen MR) is 131 cm³/mol. The number of aryl methyl sites for hydroxylation is 1. The van der Waals surface area contributed by atoms with Crippen LogP contribution in [0.4, 0.5) is 5.82 Å². The van der Waals surface area contributed by atoms with Crippen molar-refractivity contribution in [1.29, 1.82) is 0 Å². The molecule has 2 aromatic heterocycles. The third-order valence-corrected chi connectivity index (χ3v) is 5.88. The van der Waals surface area contributed by atoms with Gasteiger partial charge in [0, 0.05) is 23.5 Å². The Kier molecular flexibility index (Phi) is 5.90. The topological polar surface area (TPSA) is 104 Å². The van der Waals surface area contributed by atoms with Gasteiger partial charge in [0.2, 0.25) is 5.91 Å². The summed E-state index contributed by atoms with van der Waals surface area (Å²) in [5.74, 6) is 2.17. The minimum Gasteiger partial charge on any atom is -0.497 e. The summed E-state index contributed by atoms with van der Waals surface area (Å²) < 4.78 is 12.6. The minimum atomic E-state index is -0.140. The minimum absolute atomic E-state index is 0.0922. The summed E-state index contributed by atoms with van der Waals surface area (Å²) in [4.78, 5) is 17.4. The first-order valence-corrected chi connectivity index (χ1v) is 11.4. The number of hydrogen-bond acceptors (Lipinski definition) is 7. The highest BCUT2D eigenvalue weighted by Crippen LogP contribution is 2.40. The molecule has 4 aromatic rings. The average molecular weight is 471 g/mol. The van der Waals surface area contributed by atoms with E-state index in [0.717, 1.165) is 33.9 Å². The standard InChI is InChI=1S/C26H26N6O3/c1-15(2)35-20-11-5-17(6-12-20)21-13-23(33)29-25-24(21)16(3)31-32(25)26-28-22(14-27-30-26)18-7-9-19(34-4)10-8-18/h5-12,14-15,21H,13H2,1-4H3,(H,29,33). The predicted octanol–water partition coefficient (Wildman–Crippen LogP) is 4.30. The zero-order valence-corrected chi connectivity index (χ0v) is 20.0. The molecule has 9 nitrogen and oxygen atoms in total. The first kappa shape index (κ1) is 22.5. The second kappa shape index (κ2) is 9.17. The zero-order valence-electron chi connectivity index (χ0n) is 20.0. The van der Waals surface area contributed by atoms with Gasteiger partial charge in [-0.25, -0.2) is 4.98 Å². The number of methoxy groups -OCH3 is 1. The molecule has 1 aliphatic rings. The SMILES string of the molecule is COc1ccc(-c2cnnc(-n3nc(C)c4c3NC(=O)CC4c3ccc(OC(C)C)cc3)n2)cc1. The Bertz CT molecular complexity index is 1360. The van der Waals surface area contributed by atoms with E-state index in [4.69, 9.17) is 9.47 Å². The molecule has 5 rings (SSSR count). The second-order valence-corrected chi connectivity index (χ2v) is 8.67. The van der Waals surface area contributed by atoms with Crippen LogP contribution in [0, 0.1) is 6.92 Å². The Morgan fingerprint density at radius 2 is 1.77 bits per heavy atom. The second-order valence-electron chi connectivity index (χ2n) is 8.67. The van der Waals surface area contributed by atoms with Gasteiger partial charge < -0.3 is 14.8 Å². The van der Waals surface area contributed by atoms with Gasteiger partial charge in [0.15, 0.2) is 0 Å². The molecular formula is C26H26N6O3. The number of rotatable bonds is 6. The fourth-order valence-corrected chi connectivity index (χ4v) is 4.31. The van der Waals surface area contributed by atoms with Crippen LogP contribution in [0.1, 0.15) is 43.0 Å². The highest BCUT2D eigenvalue weighted by atomic mass is 16.5. The molecule has 0 bridgehead atoms. The number of aromatic nitrogens is 5. The molecule has 1 amide bonds. The van der Waals surface area contributed by atoms with Gasteiger partial charge in [-0.3, -0.25) is 4.79 Å². The van der Waals surface area contributed by atoms with Crippen LogP contribution in [-0.2, 0) is 4.79 Å². The van der Waals surface area contributed by atoms with Crippen LogP contribution < -0.4 is 14.8 Å². The number of carbonyl (C=O) groups is 1. The van der Waals surface area contributed by atoms with Crippen LogP contribution in [0.5, 0.6) is 11.5 Å². The lowest BCUT2D eigenvalue weighted by molar-refractivity contribution is -0.116. The van der Waals surface area contributed by atoms with Crippen molar-refractivity contribution in [1.82, 2.24) is 25.0 Å². The summed E-state index contributed by atoms with van der Waals surface area (Å²) in [6, 6.07) is 15.4. The fourth-order valence-electron chi connectivity index (χ4n) is 4.31. The van der Waals surface area contributed by atoms with E-state index in [-0.39, 0.29) is 23.9 Å². The van der Waals surface area contributed by atoms with Crippen molar-refractivity contribution in [2.45, 2.75) is 39.2 Å². The molecule has 178 valence electrons. The van der Waals surface area contributed by atoms with Crippen LogP contribution in [0.3, 0.4) is 0 Å². The molecule has 1 aliphatic heterocycles. The first-order chi connectivity index (χ1) is 16.9. The van der Waals surface area contributed by atoms with Crippen molar-refractivity contribution in [3.63, 3.8) is 0 Å². The van der Waals surface area contributed by atoms with Gasteiger partial charge in [0.05, 0.1) is 30.8 Å². The average Bonchev–Trinajstić information content (AvgIpc) is 3.20. The molecule has 0 fully saturated rings. The third-order valence-electron chi connectivity index (χ3n) is 5.88. The molecular weight excluding hydrogens is 444 g/mol. The number of anilines is 1. The number of nitrogens with one attached hydrogen (secondary N) is 1. The Balaban J connectivity index is 1.52. The van der Waals surface area contributed by atoms with E-state index in [0.29, 0.717) is 17.9 Å². The van der Waals surface area contributed by atoms with Gasteiger partial charge in [0.1, 0.15) is 17.3 Å². The number of nitrogens with zero attached hydrogens (tertiary/aromatic N) is 5. The van der Waals surface area contributed by atoms with Crippen molar-refractivity contribution in [3.8, 4) is 28.7 Å². The summed E-state index contributed by atoms with van der Waals surface area (Å²) >= 11 is 0. The molecule has 1 unspecified atom stereocenters. The van der Waals surface area contributed by atoms with E-state index in [1.165, 1.54) is 0 Å². The van der Waals surface area contributed by atoms with E-state index in [1.54, 1.807) is 18.0 Å². The van der Waals surface area contributed by atoms with Gasteiger partial charge in [-0.05, 0) is 62.7 Å². The van der Waals surface area contributed by atoms with E-state index >= 15 is 0 Å². The summed E-state index contributed by atoms with van der Waals surface area (Å²) in [6.07, 6.45) is 2.02. The molecule has 0 radical (unpaired) electrons. The lowest BCUT2D eigenvalue weighted by Gasteiger charge is -2.24. The number of carbonyl (C=O) groups excluding carboxylic acids is 1. The molecule has 0 spiro atoms. The quantitative estimate of drug-likeness (QED) is 0.448. The van der Waals surface area contributed by atoms with Gasteiger partial charge >= 0.3 is 0 Å². The monoisotopic (exact) mass is 470 g/mol. The highest BCUT2D eigenvalue weighted by Gasteiger charge is 2.33. The molecule has 35 heavy (non-hydrogen) atoms. The molecule has 0 aliphatic carbocycles. The first-order valence-electron chi connectivity index (χ1n) is 11.4. The molecule has 2 aromatic carbocycles. The lowest BCUT2D eigenvalue weighted by atomic mass is 9.86. The molecule has 0 saturated carbocycles. The summed E-state index contributed by atoms with van der Waals surface area (Å²) in [5.41, 5.74) is 4.27. The number of benzene rings is 2. The van der Waals surface area contributed by atoms with E-state index < -0.39 is 0 Å². The lowest BCUT2D eigenvalue weighted by Crippen LogP contribution is -2.25. The van der Waals surface area contributed by atoms with Gasteiger partial charge in [0.25, 0.3) is 5.95 Å². The summed E-state index contributed by atoms with van der Waals surface area (Å²) in [5, 5.41) is 16.0. The fraction of sp³-hybridized carbons (Fsp3) is 0.269. The molecule has 1 atom stereocenters. The van der Waals surface area contributed by atoms with Gasteiger partial charge in [-0.2, -0.15) is 14.9 Å². The van der Waals surface area contributed by atoms with Crippen LogP contribution in [-0.4, -0.2) is 44.1 Å². The Hall–Kier alpha value is -4.27. The molecule has 3 heterocycles. The van der Waals surface area contributed by atoms with Crippen LogP contribution in [0.2, 0.25) is 0 Å². The van der Waals surface area contributed by atoms with Crippen LogP contribution in [0.25, 0.3) is 17.2 Å². The number of amides is 1. The van der Waals surface area contributed by atoms with E-state index in [1.807, 2.05) is 69.3 Å².